The average molecular weight is 292 g/mol. The summed E-state index contributed by atoms with van der Waals surface area (Å²) in [6, 6.07) is 12.5. The molecule has 3 aromatic rings. The van der Waals surface area contributed by atoms with Crippen LogP contribution < -0.4 is 5.32 Å². The first-order valence-corrected chi connectivity index (χ1v) is 7.98. The van der Waals surface area contributed by atoms with Gasteiger partial charge < -0.3 is 9.88 Å². The number of hydrogen-bond donors (Lipinski definition) is 1. The highest BCUT2D eigenvalue weighted by Crippen LogP contribution is 2.26. The maximum atomic E-state index is 4.86. The Labute approximate surface area is 130 Å². The molecule has 0 aliphatic carbocycles. The van der Waals surface area contributed by atoms with E-state index in [0.29, 0.717) is 5.92 Å². The number of pyridine rings is 1. The summed E-state index contributed by atoms with van der Waals surface area (Å²) in [5.41, 5.74) is 3.42. The Morgan fingerprint density at radius 3 is 2.82 bits per heavy atom. The van der Waals surface area contributed by atoms with Crippen LogP contribution in [0.25, 0.3) is 22.4 Å². The number of para-hydroxylation sites is 2. The SMILES string of the molecule is c1ccc2c(c1)nc(-c1ccncc1)n2CC1CCCNC1. The normalized spacial score (nSPS) is 18.6. The van der Waals surface area contributed by atoms with Crippen molar-refractivity contribution < 1.29 is 0 Å². The summed E-state index contributed by atoms with van der Waals surface area (Å²) < 4.78 is 2.38. The molecule has 1 fully saturated rings. The summed E-state index contributed by atoms with van der Waals surface area (Å²) in [4.78, 5) is 8.99. The molecule has 1 aliphatic heterocycles. The summed E-state index contributed by atoms with van der Waals surface area (Å²) in [7, 11) is 0. The highest BCUT2D eigenvalue weighted by Gasteiger charge is 2.18. The fourth-order valence-electron chi connectivity index (χ4n) is 3.32. The molecule has 1 N–H and O–H groups in total. The van der Waals surface area contributed by atoms with E-state index in [9.17, 15) is 0 Å². The Balaban J connectivity index is 1.79. The van der Waals surface area contributed by atoms with Gasteiger partial charge in [-0.2, -0.15) is 0 Å². The van der Waals surface area contributed by atoms with Crippen molar-refractivity contribution in [3.8, 4) is 11.4 Å². The van der Waals surface area contributed by atoms with E-state index in [0.717, 1.165) is 36.5 Å². The lowest BCUT2D eigenvalue weighted by atomic mass is 9.99. The molecule has 4 rings (SSSR count). The van der Waals surface area contributed by atoms with Crippen LogP contribution in [0, 0.1) is 5.92 Å². The highest BCUT2D eigenvalue weighted by atomic mass is 15.1. The van der Waals surface area contributed by atoms with Gasteiger partial charge >= 0.3 is 0 Å². The summed E-state index contributed by atoms with van der Waals surface area (Å²) >= 11 is 0. The van der Waals surface area contributed by atoms with Crippen LogP contribution in [0.15, 0.2) is 48.8 Å². The van der Waals surface area contributed by atoms with Gasteiger partial charge in [0.1, 0.15) is 5.82 Å². The van der Waals surface area contributed by atoms with Gasteiger partial charge in [0.25, 0.3) is 0 Å². The van der Waals surface area contributed by atoms with E-state index in [4.69, 9.17) is 4.98 Å². The number of hydrogen-bond acceptors (Lipinski definition) is 3. The smallest absolute Gasteiger partial charge is 0.141 e. The van der Waals surface area contributed by atoms with Gasteiger partial charge in [-0.25, -0.2) is 4.98 Å². The van der Waals surface area contributed by atoms with Crippen molar-refractivity contribution in [3.63, 3.8) is 0 Å². The van der Waals surface area contributed by atoms with E-state index >= 15 is 0 Å². The number of benzene rings is 1. The minimum Gasteiger partial charge on any atom is -0.324 e. The van der Waals surface area contributed by atoms with Gasteiger partial charge in [-0.05, 0) is 56.1 Å². The Morgan fingerprint density at radius 1 is 1.14 bits per heavy atom. The molecular weight excluding hydrogens is 272 g/mol. The number of nitrogens with zero attached hydrogens (tertiary/aromatic N) is 3. The van der Waals surface area contributed by atoms with Crippen LogP contribution in [-0.2, 0) is 6.54 Å². The Kier molecular flexibility index (Phi) is 3.60. The van der Waals surface area contributed by atoms with Crippen molar-refractivity contribution in [2.45, 2.75) is 19.4 Å². The highest BCUT2D eigenvalue weighted by molar-refractivity contribution is 5.80. The number of nitrogens with one attached hydrogen (secondary N) is 1. The van der Waals surface area contributed by atoms with Crippen LogP contribution in [-0.4, -0.2) is 27.6 Å². The standard InChI is InChI=1S/C18H20N4/c1-2-6-17-16(5-1)21-18(15-7-10-19-11-8-15)22(17)13-14-4-3-9-20-12-14/h1-2,5-8,10-11,14,20H,3-4,9,12-13H2. The van der Waals surface area contributed by atoms with E-state index in [1.165, 1.54) is 18.4 Å². The summed E-state index contributed by atoms with van der Waals surface area (Å²) in [6.45, 7) is 3.27. The largest absolute Gasteiger partial charge is 0.324 e. The molecule has 1 atom stereocenters. The van der Waals surface area contributed by atoms with Crippen molar-refractivity contribution >= 4 is 11.0 Å². The third kappa shape index (κ3) is 2.50. The first kappa shape index (κ1) is 13.5. The van der Waals surface area contributed by atoms with Gasteiger partial charge in [-0.1, -0.05) is 12.1 Å². The number of rotatable bonds is 3. The van der Waals surface area contributed by atoms with Crippen molar-refractivity contribution in [1.29, 1.82) is 0 Å². The molecule has 4 nitrogen and oxygen atoms in total. The van der Waals surface area contributed by atoms with Gasteiger partial charge in [0, 0.05) is 24.5 Å². The summed E-state index contributed by atoms with van der Waals surface area (Å²) in [5, 5.41) is 3.51. The number of fused-ring (bicyclic) bond motifs is 1. The van der Waals surface area contributed by atoms with Crippen LogP contribution >= 0.6 is 0 Å². The van der Waals surface area contributed by atoms with E-state index < -0.39 is 0 Å². The van der Waals surface area contributed by atoms with E-state index in [-0.39, 0.29) is 0 Å². The minimum atomic E-state index is 0.673. The molecule has 1 saturated heterocycles. The lowest BCUT2D eigenvalue weighted by Crippen LogP contribution is -2.32. The van der Waals surface area contributed by atoms with Crippen LogP contribution in [0.3, 0.4) is 0 Å². The molecule has 0 bridgehead atoms. The van der Waals surface area contributed by atoms with Crippen molar-refractivity contribution in [2.75, 3.05) is 13.1 Å². The molecule has 0 saturated carbocycles. The first-order valence-electron chi connectivity index (χ1n) is 7.98. The summed E-state index contributed by atoms with van der Waals surface area (Å²) in [6.07, 6.45) is 6.22. The zero-order valence-electron chi connectivity index (χ0n) is 12.6. The zero-order valence-corrected chi connectivity index (χ0v) is 12.6. The van der Waals surface area contributed by atoms with E-state index in [1.54, 1.807) is 0 Å². The number of aromatic nitrogens is 3. The van der Waals surface area contributed by atoms with Gasteiger partial charge in [-0.3, -0.25) is 4.98 Å². The lowest BCUT2D eigenvalue weighted by Gasteiger charge is -2.24. The molecule has 112 valence electrons. The lowest BCUT2D eigenvalue weighted by molar-refractivity contribution is 0.341. The molecule has 3 heterocycles. The zero-order chi connectivity index (χ0) is 14.8. The third-order valence-electron chi connectivity index (χ3n) is 4.43. The van der Waals surface area contributed by atoms with Crippen molar-refractivity contribution in [1.82, 2.24) is 19.9 Å². The quantitative estimate of drug-likeness (QED) is 0.806. The molecule has 0 amide bonds. The van der Waals surface area contributed by atoms with Crippen molar-refractivity contribution in [3.05, 3.63) is 48.8 Å². The Bertz CT molecular complexity index is 757. The van der Waals surface area contributed by atoms with E-state index in [1.807, 2.05) is 24.5 Å². The second-order valence-electron chi connectivity index (χ2n) is 5.98. The van der Waals surface area contributed by atoms with Gasteiger partial charge in [0.2, 0.25) is 0 Å². The summed E-state index contributed by atoms with van der Waals surface area (Å²) in [5.74, 6) is 1.72. The molecule has 22 heavy (non-hydrogen) atoms. The molecule has 2 aromatic heterocycles. The van der Waals surface area contributed by atoms with Gasteiger partial charge in [-0.15, -0.1) is 0 Å². The molecule has 1 aliphatic rings. The number of piperidine rings is 1. The van der Waals surface area contributed by atoms with Gasteiger partial charge in [0.15, 0.2) is 0 Å². The Hall–Kier alpha value is -2.20. The third-order valence-corrected chi connectivity index (χ3v) is 4.43. The maximum absolute atomic E-state index is 4.86. The van der Waals surface area contributed by atoms with Crippen LogP contribution in [0.5, 0.6) is 0 Å². The predicted octanol–water partition coefficient (Wildman–Crippen LogP) is 3.10. The second kappa shape index (κ2) is 5.89. The molecule has 0 spiro atoms. The van der Waals surface area contributed by atoms with Crippen molar-refractivity contribution in [2.24, 2.45) is 5.92 Å². The molecule has 1 unspecified atom stereocenters. The van der Waals surface area contributed by atoms with Crippen LogP contribution in [0.1, 0.15) is 12.8 Å². The fourth-order valence-corrected chi connectivity index (χ4v) is 3.32. The average Bonchev–Trinajstić information content (AvgIpc) is 2.95. The van der Waals surface area contributed by atoms with E-state index in [2.05, 4.69) is 39.1 Å². The maximum Gasteiger partial charge on any atom is 0.141 e. The minimum absolute atomic E-state index is 0.673. The number of imidazole rings is 1. The monoisotopic (exact) mass is 292 g/mol. The predicted molar refractivity (Wildman–Crippen MR) is 88.6 cm³/mol. The second-order valence-corrected chi connectivity index (χ2v) is 5.98. The first-order chi connectivity index (χ1) is 10.9. The van der Waals surface area contributed by atoms with Gasteiger partial charge in [0.05, 0.1) is 11.0 Å². The molecule has 1 aromatic carbocycles. The topological polar surface area (TPSA) is 42.7 Å². The molecule has 4 heteroatoms. The fraction of sp³-hybridized carbons (Fsp3) is 0.333. The Morgan fingerprint density at radius 2 is 2.00 bits per heavy atom. The van der Waals surface area contributed by atoms with Crippen LogP contribution in [0.2, 0.25) is 0 Å². The van der Waals surface area contributed by atoms with Crippen LogP contribution in [0.4, 0.5) is 0 Å². The molecular formula is C18H20N4. The molecule has 0 radical (unpaired) electrons.